The fraction of sp³-hybridized carbons (Fsp3) is 0.667. The van der Waals surface area contributed by atoms with Crippen LogP contribution in [0.4, 0.5) is 0 Å². The fourth-order valence-electron chi connectivity index (χ4n) is 0.521. The maximum Gasteiger partial charge on any atom is 0.0581 e. The van der Waals surface area contributed by atoms with Crippen LogP contribution in [0.5, 0.6) is 0 Å². The van der Waals surface area contributed by atoms with Gasteiger partial charge in [-0.1, -0.05) is 19.4 Å². The Morgan fingerprint density at radius 2 is 2.38 bits per heavy atom. The summed E-state index contributed by atoms with van der Waals surface area (Å²) >= 11 is 0. The monoisotopic (exact) mass is 112 g/mol. The van der Waals surface area contributed by atoms with Crippen molar-refractivity contribution in [1.29, 1.82) is 5.53 Å². The highest BCUT2D eigenvalue weighted by Gasteiger charge is 1.86. The van der Waals surface area contributed by atoms with E-state index in [4.69, 9.17) is 5.53 Å². The average Bonchev–Trinajstić information content (AvgIpc) is 1.83. The van der Waals surface area contributed by atoms with Crippen LogP contribution in [0.3, 0.4) is 0 Å². The van der Waals surface area contributed by atoms with E-state index in [0.29, 0.717) is 0 Å². The van der Waals surface area contributed by atoms with Crippen LogP contribution in [0.1, 0.15) is 26.7 Å². The van der Waals surface area contributed by atoms with E-state index in [1.54, 1.807) is 0 Å². The van der Waals surface area contributed by atoms with Gasteiger partial charge in [0.25, 0.3) is 0 Å². The van der Waals surface area contributed by atoms with Gasteiger partial charge in [0.05, 0.1) is 5.70 Å². The van der Waals surface area contributed by atoms with Crippen LogP contribution in [0, 0.1) is 5.53 Å². The van der Waals surface area contributed by atoms with Crippen LogP contribution in [0.15, 0.2) is 16.9 Å². The Morgan fingerprint density at radius 1 is 1.75 bits per heavy atom. The quantitative estimate of drug-likeness (QED) is 0.545. The van der Waals surface area contributed by atoms with Crippen molar-refractivity contribution >= 4 is 0 Å². The second kappa shape index (κ2) is 4.50. The van der Waals surface area contributed by atoms with Crippen molar-refractivity contribution in [2.24, 2.45) is 5.11 Å². The first-order valence-electron chi connectivity index (χ1n) is 2.87. The SMILES string of the molecule is C/C=C(/CCC)N=N. The van der Waals surface area contributed by atoms with E-state index in [1.165, 1.54) is 0 Å². The minimum atomic E-state index is 0.882. The summed E-state index contributed by atoms with van der Waals surface area (Å²) in [5.41, 5.74) is 7.50. The van der Waals surface area contributed by atoms with E-state index in [9.17, 15) is 0 Å². The Hall–Kier alpha value is -0.660. The number of hydrogen-bond donors (Lipinski definition) is 1. The molecule has 0 aliphatic heterocycles. The summed E-state index contributed by atoms with van der Waals surface area (Å²) in [4.78, 5) is 0. The predicted molar refractivity (Wildman–Crippen MR) is 33.8 cm³/mol. The molecule has 2 nitrogen and oxygen atoms in total. The number of hydrogen-bond acceptors (Lipinski definition) is 2. The van der Waals surface area contributed by atoms with Gasteiger partial charge in [0.15, 0.2) is 0 Å². The topological polar surface area (TPSA) is 36.2 Å². The molecule has 8 heavy (non-hydrogen) atoms. The van der Waals surface area contributed by atoms with E-state index in [-0.39, 0.29) is 0 Å². The number of allylic oxidation sites excluding steroid dienone is 2. The third-order valence-corrected chi connectivity index (χ3v) is 0.983. The van der Waals surface area contributed by atoms with Crippen molar-refractivity contribution in [2.45, 2.75) is 26.7 Å². The second-order valence-electron chi connectivity index (χ2n) is 1.64. The molecule has 46 valence electrons. The zero-order chi connectivity index (χ0) is 6.41. The molecule has 0 bridgehead atoms. The molecule has 0 unspecified atom stereocenters. The molecule has 0 aliphatic carbocycles. The zero-order valence-corrected chi connectivity index (χ0v) is 5.44. The van der Waals surface area contributed by atoms with Gasteiger partial charge in [0.2, 0.25) is 0 Å². The van der Waals surface area contributed by atoms with Gasteiger partial charge in [-0.2, -0.15) is 5.11 Å². The van der Waals surface area contributed by atoms with Crippen LogP contribution < -0.4 is 0 Å². The first-order chi connectivity index (χ1) is 3.85. The van der Waals surface area contributed by atoms with Crippen molar-refractivity contribution < 1.29 is 0 Å². The van der Waals surface area contributed by atoms with Crippen LogP contribution in [0.2, 0.25) is 0 Å². The predicted octanol–water partition coefficient (Wildman–Crippen LogP) is 2.72. The van der Waals surface area contributed by atoms with E-state index in [0.717, 1.165) is 18.5 Å². The average molecular weight is 112 g/mol. The van der Waals surface area contributed by atoms with Gasteiger partial charge in [-0.25, -0.2) is 5.53 Å². The van der Waals surface area contributed by atoms with Crippen LogP contribution in [-0.2, 0) is 0 Å². The molecule has 0 fully saturated rings. The molecule has 0 aromatic rings. The van der Waals surface area contributed by atoms with Gasteiger partial charge >= 0.3 is 0 Å². The summed E-state index contributed by atoms with van der Waals surface area (Å²) in [5.74, 6) is 0. The number of nitrogens with zero attached hydrogens (tertiary/aromatic N) is 1. The first-order valence-corrected chi connectivity index (χ1v) is 2.87. The Kier molecular flexibility index (Phi) is 4.13. The van der Waals surface area contributed by atoms with Crippen molar-refractivity contribution in [1.82, 2.24) is 0 Å². The summed E-state index contributed by atoms with van der Waals surface area (Å²) in [5, 5.41) is 3.31. The number of rotatable bonds is 3. The molecule has 0 saturated carbocycles. The Labute approximate surface area is 50.1 Å². The lowest BCUT2D eigenvalue weighted by molar-refractivity contribution is 0.853. The molecule has 0 spiro atoms. The molecule has 0 aromatic carbocycles. The maximum absolute atomic E-state index is 6.62. The summed E-state index contributed by atoms with van der Waals surface area (Å²) in [6, 6.07) is 0. The minimum absolute atomic E-state index is 0.882. The maximum atomic E-state index is 6.62. The van der Waals surface area contributed by atoms with Crippen LogP contribution in [0.25, 0.3) is 0 Å². The van der Waals surface area contributed by atoms with E-state index >= 15 is 0 Å². The van der Waals surface area contributed by atoms with Crippen molar-refractivity contribution in [3.63, 3.8) is 0 Å². The first kappa shape index (κ1) is 7.34. The molecule has 2 heteroatoms. The summed E-state index contributed by atoms with van der Waals surface area (Å²) < 4.78 is 0. The molecule has 0 aromatic heterocycles. The Balaban J connectivity index is 3.54. The van der Waals surface area contributed by atoms with E-state index in [2.05, 4.69) is 12.0 Å². The van der Waals surface area contributed by atoms with E-state index < -0.39 is 0 Å². The molecule has 1 N–H and O–H groups in total. The lowest BCUT2D eigenvalue weighted by Crippen LogP contribution is -1.72. The fourth-order valence-corrected chi connectivity index (χ4v) is 0.521. The molecule has 0 heterocycles. The van der Waals surface area contributed by atoms with Crippen molar-refractivity contribution in [2.75, 3.05) is 0 Å². The Morgan fingerprint density at radius 3 is 2.50 bits per heavy atom. The minimum Gasteiger partial charge on any atom is -0.205 e. The van der Waals surface area contributed by atoms with Gasteiger partial charge in [-0.15, -0.1) is 0 Å². The summed E-state index contributed by atoms with van der Waals surface area (Å²) in [7, 11) is 0. The highest BCUT2D eigenvalue weighted by Crippen LogP contribution is 2.03. The summed E-state index contributed by atoms with van der Waals surface area (Å²) in [6.45, 7) is 3.98. The van der Waals surface area contributed by atoms with Crippen LogP contribution >= 0.6 is 0 Å². The summed E-state index contributed by atoms with van der Waals surface area (Å²) in [6.07, 6.45) is 3.87. The zero-order valence-electron chi connectivity index (χ0n) is 5.44. The molecular weight excluding hydrogens is 100 g/mol. The van der Waals surface area contributed by atoms with Crippen molar-refractivity contribution in [3.05, 3.63) is 11.8 Å². The smallest absolute Gasteiger partial charge is 0.0581 e. The third-order valence-electron chi connectivity index (χ3n) is 0.983. The normalized spacial score (nSPS) is 11.5. The molecule has 0 rings (SSSR count). The molecule has 0 saturated heterocycles. The standard InChI is InChI=1S/C6H12N2/c1-3-5-6(4-2)8-7/h4,7H,3,5H2,1-2H3/b6-4-,8-7?. The van der Waals surface area contributed by atoms with E-state index in [1.807, 2.05) is 13.0 Å². The molecular formula is C6H12N2. The highest BCUT2D eigenvalue weighted by atomic mass is 15.0. The highest BCUT2D eigenvalue weighted by molar-refractivity contribution is 4.94. The Bertz CT molecular complexity index is 94.7. The molecule has 0 radical (unpaired) electrons. The lowest BCUT2D eigenvalue weighted by Gasteiger charge is -1.90. The number of nitrogens with one attached hydrogen (secondary N) is 1. The van der Waals surface area contributed by atoms with Gasteiger partial charge in [-0.05, 0) is 13.3 Å². The molecule has 0 atom stereocenters. The van der Waals surface area contributed by atoms with Crippen molar-refractivity contribution in [3.8, 4) is 0 Å². The van der Waals surface area contributed by atoms with Crippen LogP contribution in [-0.4, -0.2) is 0 Å². The van der Waals surface area contributed by atoms with Gasteiger partial charge in [-0.3, -0.25) is 0 Å². The largest absolute Gasteiger partial charge is 0.205 e. The molecule has 0 amide bonds. The van der Waals surface area contributed by atoms with Gasteiger partial charge < -0.3 is 0 Å². The van der Waals surface area contributed by atoms with Gasteiger partial charge in [0, 0.05) is 0 Å². The second-order valence-corrected chi connectivity index (χ2v) is 1.64. The lowest BCUT2D eigenvalue weighted by atomic mass is 10.2. The third kappa shape index (κ3) is 2.50. The van der Waals surface area contributed by atoms with Gasteiger partial charge in [0.1, 0.15) is 0 Å². The molecule has 0 aliphatic rings.